The van der Waals surface area contributed by atoms with E-state index in [0.29, 0.717) is 12.1 Å². The number of hydrogen-bond donors (Lipinski definition) is 0. The van der Waals surface area contributed by atoms with Crippen LogP contribution in [0.5, 0.6) is 5.75 Å². The van der Waals surface area contributed by atoms with Crippen molar-refractivity contribution in [3.05, 3.63) is 28.1 Å². The number of nitro groups is 1. The summed E-state index contributed by atoms with van der Waals surface area (Å²) in [6, 6.07) is 1.20. The summed E-state index contributed by atoms with van der Waals surface area (Å²) in [6.45, 7) is 3.52. The highest BCUT2D eigenvalue weighted by Gasteiger charge is 2.25. The average Bonchev–Trinajstić information content (AvgIpc) is 2.33. The van der Waals surface area contributed by atoms with Crippen molar-refractivity contribution in [2.75, 3.05) is 13.2 Å². The van der Waals surface area contributed by atoms with Gasteiger partial charge in [-0.05, 0) is 13.8 Å². The molecule has 118 valence electrons. The number of ether oxygens (including phenoxy) is 2. The molecular formula is C11H13ClFNO6S. The fraction of sp³-hybridized carbons (Fsp3) is 0.455. The van der Waals surface area contributed by atoms with E-state index in [4.69, 9.17) is 20.2 Å². The molecule has 0 atom stereocenters. The summed E-state index contributed by atoms with van der Waals surface area (Å²) in [5, 5.41) is 10.6. The zero-order valence-electron chi connectivity index (χ0n) is 11.2. The van der Waals surface area contributed by atoms with E-state index in [1.165, 1.54) is 0 Å². The highest BCUT2D eigenvalue weighted by atomic mass is 35.7. The van der Waals surface area contributed by atoms with Crippen LogP contribution in [0.1, 0.15) is 13.8 Å². The Balaban J connectivity index is 3.10. The van der Waals surface area contributed by atoms with Crippen molar-refractivity contribution in [2.24, 2.45) is 0 Å². The van der Waals surface area contributed by atoms with Gasteiger partial charge in [0.1, 0.15) is 11.5 Å². The molecule has 0 aromatic heterocycles. The molecule has 1 aromatic carbocycles. The molecule has 7 nitrogen and oxygen atoms in total. The lowest BCUT2D eigenvalue weighted by Gasteiger charge is -2.12. The molecule has 0 heterocycles. The summed E-state index contributed by atoms with van der Waals surface area (Å²) in [5.41, 5.74) is -0.738. The van der Waals surface area contributed by atoms with Crippen LogP contribution in [0.2, 0.25) is 0 Å². The van der Waals surface area contributed by atoms with Gasteiger partial charge in [-0.3, -0.25) is 10.1 Å². The van der Waals surface area contributed by atoms with Gasteiger partial charge < -0.3 is 9.47 Å². The second kappa shape index (κ2) is 7.01. The normalized spacial score (nSPS) is 11.7. The van der Waals surface area contributed by atoms with Crippen molar-refractivity contribution in [2.45, 2.75) is 24.8 Å². The average molecular weight is 342 g/mol. The summed E-state index contributed by atoms with van der Waals surface area (Å²) in [6.07, 6.45) is -0.0773. The number of rotatable bonds is 7. The number of benzene rings is 1. The molecule has 0 aliphatic rings. The molecule has 0 spiro atoms. The van der Waals surface area contributed by atoms with Crippen molar-refractivity contribution in [3.63, 3.8) is 0 Å². The second-order valence-corrected chi connectivity index (χ2v) is 6.75. The Bertz CT molecular complexity index is 634. The van der Waals surface area contributed by atoms with Gasteiger partial charge in [0.15, 0.2) is 11.6 Å². The van der Waals surface area contributed by atoms with E-state index >= 15 is 0 Å². The van der Waals surface area contributed by atoms with E-state index in [2.05, 4.69) is 0 Å². The topological polar surface area (TPSA) is 95.7 Å². The van der Waals surface area contributed by atoms with Crippen molar-refractivity contribution in [3.8, 4) is 5.75 Å². The van der Waals surface area contributed by atoms with Crippen molar-refractivity contribution >= 4 is 25.4 Å². The second-order valence-electron chi connectivity index (χ2n) is 4.22. The maximum atomic E-state index is 13.8. The SMILES string of the molecule is CC(C)OCCOc1c(F)cc([N+](=O)[O-])cc1S(=O)(=O)Cl. The summed E-state index contributed by atoms with van der Waals surface area (Å²) < 4.78 is 46.7. The van der Waals surface area contributed by atoms with Crippen LogP contribution < -0.4 is 4.74 Å². The molecule has 1 aromatic rings. The fourth-order valence-corrected chi connectivity index (χ4v) is 2.39. The van der Waals surface area contributed by atoms with Crippen LogP contribution in [0.4, 0.5) is 10.1 Å². The highest BCUT2D eigenvalue weighted by Crippen LogP contribution is 2.33. The molecule has 21 heavy (non-hydrogen) atoms. The van der Waals surface area contributed by atoms with Gasteiger partial charge in [0, 0.05) is 16.7 Å². The van der Waals surface area contributed by atoms with Crippen LogP contribution in [0.15, 0.2) is 17.0 Å². The predicted octanol–water partition coefficient (Wildman–Crippen LogP) is 2.47. The van der Waals surface area contributed by atoms with Crippen LogP contribution in [0, 0.1) is 15.9 Å². The Labute approximate surface area is 125 Å². The standard InChI is InChI=1S/C11H13ClFNO6S/c1-7(2)19-3-4-20-11-9(13)5-8(14(15)16)6-10(11)21(12,17)18/h5-7H,3-4H2,1-2H3. The van der Waals surface area contributed by atoms with Gasteiger partial charge in [-0.1, -0.05) is 0 Å². The molecule has 0 saturated heterocycles. The monoisotopic (exact) mass is 341 g/mol. The van der Waals surface area contributed by atoms with E-state index in [-0.39, 0.29) is 19.3 Å². The van der Waals surface area contributed by atoms with Crippen LogP contribution >= 0.6 is 10.7 Å². The van der Waals surface area contributed by atoms with E-state index in [1.807, 2.05) is 0 Å². The summed E-state index contributed by atoms with van der Waals surface area (Å²) in [4.78, 5) is 8.90. The number of nitro benzene ring substituents is 1. The lowest BCUT2D eigenvalue weighted by molar-refractivity contribution is -0.385. The van der Waals surface area contributed by atoms with Gasteiger partial charge in [-0.25, -0.2) is 12.8 Å². The quantitative estimate of drug-likeness (QED) is 0.327. The first kappa shape index (κ1) is 17.6. The summed E-state index contributed by atoms with van der Waals surface area (Å²) in [5.74, 6) is -1.85. The van der Waals surface area contributed by atoms with Crippen LogP contribution in [-0.2, 0) is 13.8 Å². The molecular weight excluding hydrogens is 329 g/mol. The Kier molecular flexibility index (Phi) is 5.87. The lowest BCUT2D eigenvalue weighted by atomic mass is 10.3. The Morgan fingerprint density at radius 2 is 2.00 bits per heavy atom. The number of hydrogen-bond acceptors (Lipinski definition) is 6. The summed E-state index contributed by atoms with van der Waals surface area (Å²) in [7, 11) is 0.744. The third kappa shape index (κ3) is 5.10. The maximum absolute atomic E-state index is 13.8. The van der Waals surface area contributed by atoms with Crippen LogP contribution in [0.25, 0.3) is 0 Å². The molecule has 0 aliphatic carbocycles. The van der Waals surface area contributed by atoms with Gasteiger partial charge in [-0.15, -0.1) is 0 Å². The first-order chi connectivity index (χ1) is 9.62. The van der Waals surface area contributed by atoms with Crippen molar-refractivity contribution in [1.82, 2.24) is 0 Å². The van der Waals surface area contributed by atoms with Crippen LogP contribution in [0.3, 0.4) is 0 Å². The maximum Gasteiger partial charge on any atom is 0.273 e. The number of halogens is 2. The van der Waals surface area contributed by atoms with Gasteiger partial charge >= 0.3 is 0 Å². The van der Waals surface area contributed by atoms with Gasteiger partial charge in [0.25, 0.3) is 14.7 Å². The van der Waals surface area contributed by atoms with E-state index in [9.17, 15) is 22.9 Å². The van der Waals surface area contributed by atoms with E-state index < -0.39 is 36.1 Å². The Morgan fingerprint density at radius 3 is 2.48 bits per heavy atom. The lowest BCUT2D eigenvalue weighted by Crippen LogP contribution is -2.13. The molecule has 0 radical (unpaired) electrons. The van der Waals surface area contributed by atoms with Gasteiger partial charge in [-0.2, -0.15) is 0 Å². The van der Waals surface area contributed by atoms with Gasteiger partial charge in [0.2, 0.25) is 0 Å². The zero-order valence-corrected chi connectivity index (χ0v) is 12.8. The van der Waals surface area contributed by atoms with E-state index in [0.717, 1.165) is 0 Å². The van der Waals surface area contributed by atoms with Crippen molar-refractivity contribution in [1.29, 1.82) is 0 Å². The third-order valence-electron chi connectivity index (χ3n) is 2.25. The molecule has 1 rings (SSSR count). The fourth-order valence-electron chi connectivity index (χ4n) is 1.41. The number of nitrogens with zero attached hydrogens (tertiary/aromatic N) is 1. The van der Waals surface area contributed by atoms with Crippen LogP contribution in [-0.4, -0.2) is 32.7 Å². The largest absolute Gasteiger partial charge is 0.487 e. The molecule has 0 fully saturated rings. The zero-order chi connectivity index (χ0) is 16.2. The third-order valence-corrected chi connectivity index (χ3v) is 3.58. The molecule has 0 bridgehead atoms. The first-order valence-corrected chi connectivity index (χ1v) is 8.11. The minimum atomic E-state index is -4.40. The smallest absolute Gasteiger partial charge is 0.273 e. The number of non-ortho nitro benzene ring substituents is 1. The molecule has 10 heteroatoms. The summed E-state index contributed by atoms with van der Waals surface area (Å²) >= 11 is 0. The van der Waals surface area contributed by atoms with Crippen molar-refractivity contribution < 1.29 is 27.2 Å². The van der Waals surface area contributed by atoms with E-state index in [1.54, 1.807) is 13.8 Å². The molecule has 0 unspecified atom stereocenters. The molecule has 0 aliphatic heterocycles. The Hall–Kier alpha value is -1.45. The minimum absolute atomic E-state index is 0.0773. The minimum Gasteiger partial charge on any atom is -0.487 e. The molecule has 0 amide bonds. The highest BCUT2D eigenvalue weighted by molar-refractivity contribution is 8.13. The van der Waals surface area contributed by atoms with Gasteiger partial charge in [0.05, 0.1) is 23.7 Å². The Morgan fingerprint density at radius 1 is 1.38 bits per heavy atom. The first-order valence-electron chi connectivity index (χ1n) is 5.80. The molecule has 0 N–H and O–H groups in total. The predicted molar refractivity (Wildman–Crippen MR) is 72.7 cm³/mol. The molecule has 0 saturated carbocycles.